The van der Waals surface area contributed by atoms with Crippen molar-refractivity contribution < 1.29 is 13.2 Å². The van der Waals surface area contributed by atoms with E-state index in [1.807, 2.05) is 13.8 Å². The molecule has 0 spiro atoms. The molecule has 6 heteroatoms. The average molecular weight is 312 g/mol. The molecule has 0 aromatic rings. The third kappa shape index (κ3) is 4.05. The molecule has 0 aliphatic carbocycles. The normalized spacial score (nSPS) is 23.0. The monoisotopic (exact) mass is 311 g/mol. The fraction of sp³-hybridized carbons (Fsp3) is 0.900. The van der Waals surface area contributed by atoms with Crippen molar-refractivity contribution in [3.05, 3.63) is 0 Å². The predicted octanol–water partition coefficient (Wildman–Crippen LogP) is 1.10. The van der Waals surface area contributed by atoms with Gasteiger partial charge in [0.05, 0.1) is 16.3 Å². The Kier molecular flexibility index (Phi) is 4.79. The van der Waals surface area contributed by atoms with Gasteiger partial charge in [-0.3, -0.25) is 4.79 Å². The molecule has 94 valence electrons. The first-order chi connectivity index (χ1) is 7.32. The van der Waals surface area contributed by atoms with Crippen molar-refractivity contribution in [1.82, 2.24) is 5.32 Å². The Balaban J connectivity index is 2.42. The third-order valence-electron chi connectivity index (χ3n) is 2.74. The Bertz CT molecular complexity index is 339. The number of rotatable bonds is 3. The molecule has 1 aliphatic rings. The highest BCUT2D eigenvalue weighted by Gasteiger charge is 2.27. The van der Waals surface area contributed by atoms with Crippen molar-refractivity contribution in [2.75, 3.05) is 11.5 Å². The molecule has 1 N–H and O–H groups in total. The Morgan fingerprint density at radius 1 is 1.31 bits per heavy atom. The zero-order valence-corrected chi connectivity index (χ0v) is 12.0. The van der Waals surface area contributed by atoms with Gasteiger partial charge in [-0.25, -0.2) is 8.42 Å². The predicted molar refractivity (Wildman–Crippen MR) is 67.4 cm³/mol. The van der Waals surface area contributed by atoms with Crippen molar-refractivity contribution >= 4 is 31.7 Å². The lowest BCUT2D eigenvalue weighted by atomic mass is 10.1. The number of sulfone groups is 1. The second kappa shape index (κ2) is 5.49. The van der Waals surface area contributed by atoms with Crippen LogP contribution in [0.5, 0.6) is 0 Å². The summed E-state index contributed by atoms with van der Waals surface area (Å²) in [6.07, 6.45) is 1.07. The van der Waals surface area contributed by atoms with E-state index in [9.17, 15) is 13.2 Å². The number of hydrogen-bond donors (Lipinski definition) is 1. The van der Waals surface area contributed by atoms with E-state index >= 15 is 0 Å². The van der Waals surface area contributed by atoms with Crippen LogP contribution in [0.4, 0.5) is 0 Å². The van der Waals surface area contributed by atoms with E-state index in [0.717, 1.165) is 0 Å². The van der Waals surface area contributed by atoms with Gasteiger partial charge in [0, 0.05) is 6.04 Å². The summed E-state index contributed by atoms with van der Waals surface area (Å²) in [5, 5.41) is 2.89. The molecule has 0 radical (unpaired) electrons. The van der Waals surface area contributed by atoms with Crippen LogP contribution in [0.25, 0.3) is 0 Å². The molecule has 1 aliphatic heterocycles. The van der Waals surface area contributed by atoms with Crippen molar-refractivity contribution in [2.24, 2.45) is 5.92 Å². The van der Waals surface area contributed by atoms with Gasteiger partial charge in [0.25, 0.3) is 0 Å². The van der Waals surface area contributed by atoms with Gasteiger partial charge in [0.1, 0.15) is 9.84 Å². The third-order valence-corrected chi connectivity index (χ3v) is 5.93. The molecule has 1 unspecified atom stereocenters. The Labute approximate surface area is 105 Å². The van der Waals surface area contributed by atoms with E-state index in [1.165, 1.54) is 0 Å². The summed E-state index contributed by atoms with van der Waals surface area (Å²) in [5.74, 6) is 0.561. The van der Waals surface area contributed by atoms with E-state index in [1.54, 1.807) is 0 Å². The summed E-state index contributed by atoms with van der Waals surface area (Å²) in [4.78, 5) is 11.5. The van der Waals surface area contributed by atoms with E-state index in [2.05, 4.69) is 21.2 Å². The zero-order valence-electron chi connectivity index (χ0n) is 9.57. The second-order valence-corrected chi connectivity index (χ2v) is 7.87. The molecule has 1 fully saturated rings. The number of hydrogen-bond acceptors (Lipinski definition) is 3. The van der Waals surface area contributed by atoms with Crippen molar-refractivity contribution in [2.45, 2.75) is 37.6 Å². The molecular formula is C10H18BrNO3S. The Morgan fingerprint density at radius 3 is 2.25 bits per heavy atom. The molecule has 1 rings (SSSR count). The maximum Gasteiger partial charge on any atom is 0.234 e. The fourth-order valence-corrected chi connectivity index (χ4v) is 3.24. The van der Waals surface area contributed by atoms with Gasteiger partial charge >= 0.3 is 0 Å². The first-order valence-electron chi connectivity index (χ1n) is 5.46. The van der Waals surface area contributed by atoms with Gasteiger partial charge in [-0.15, -0.1) is 0 Å². The van der Waals surface area contributed by atoms with Crippen molar-refractivity contribution in [1.29, 1.82) is 0 Å². The first-order valence-corrected chi connectivity index (χ1v) is 8.20. The highest BCUT2D eigenvalue weighted by atomic mass is 79.9. The minimum atomic E-state index is -2.85. The van der Waals surface area contributed by atoms with Crippen LogP contribution in [0.1, 0.15) is 26.7 Å². The molecule has 1 saturated heterocycles. The molecule has 0 bridgehead atoms. The maximum absolute atomic E-state index is 11.7. The summed E-state index contributed by atoms with van der Waals surface area (Å²) < 4.78 is 22.4. The molecule has 1 atom stereocenters. The summed E-state index contributed by atoms with van der Waals surface area (Å²) >= 11 is 3.33. The topological polar surface area (TPSA) is 63.2 Å². The SMILES string of the molecule is CC(C)C(Br)C(=O)NC1CCS(=O)(=O)CC1. The molecule has 0 aromatic heterocycles. The molecule has 0 saturated carbocycles. The van der Waals surface area contributed by atoms with Crippen LogP contribution in [-0.2, 0) is 14.6 Å². The van der Waals surface area contributed by atoms with Gasteiger partial charge in [0.15, 0.2) is 0 Å². The van der Waals surface area contributed by atoms with Crippen LogP contribution in [0.2, 0.25) is 0 Å². The lowest BCUT2D eigenvalue weighted by Crippen LogP contribution is -2.44. The number of carbonyl (C=O) groups is 1. The molecule has 16 heavy (non-hydrogen) atoms. The van der Waals surface area contributed by atoms with Crippen LogP contribution in [0.15, 0.2) is 0 Å². The van der Waals surface area contributed by atoms with Gasteiger partial charge < -0.3 is 5.32 Å². The fourth-order valence-electron chi connectivity index (χ4n) is 1.62. The Morgan fingerprint density at radius 2 is 1.81 bits per heavy atom. The van der Waals surface area contributed by atoms with E-state index in [0.29, 0.717) is 12.8 Å². The smallest absolute Gasteiger partial charge is 0.234 e. The highest BCUT2D eigenvalue weighted by Crippen LogP contribution is 2.15. The summed E-state index contributed by atoms with van der Waals surface area (Å²) in [6.45, 7) is 3.93. The summed E-state index contributed by atoms with van der Waals surface area (Å²) in [7, 11) is -2.85. The van der Waals surface area contributed by atoms with Crippen LogP contribution in [0, 0.1) is 5.92 Å². The number of alkyl halides is 1. The molecular weight excluding hydrogens is 294 g/mol. The lowest BCUT2D eigenvalue weighted by Gasteiger charge is -2.25. The van der Waals surface area contributed by atoms with Crippen LogP contribution < -0.4 is 5.32 Å². The quantitative estimate of drug-likeness (QED) is 0.794. The zero-order chi connectivity index (χ0) is 12.3. The standard InChI is InChI=1S/C10H18BrNO3S/c1-7(2)9(11)10(13)12-8-3-5-16(14,15)6-4-8/h7-9H,3-6H2,1-2H3,(H,12,13). The minimum Gasteiger partial charge on any atom is -0.352 e. The maximum atomic E-state index is 11.7. The van der Waals surface area contributed by atoms with E-state index < -0.39 is 9.84 Å². The van der Waals surface area contributed by atoms with Gasteiger partial charge in [0.2, 0.25) is 5.91 Å². The largest absolute Gasteiger partial charge is 0.352 e. The average Bonchev–Trinajstić information content (AvgIpc) is 2.19. The summed E-state index contributed by atoms with van der Waals surface area (Å²) in [6, 6.07) is 0.00910. The summed E-state index contributed by atoms with van der Waals surface area (Å²) in [5.41, 5.74) is 0. The van der Waals surface area contributed by atoms with Crippen molar-refractivity contribution in [3.63, 3.8) is 0 Å². The van der Waals surface area contributed by atoms with Gasteiger partial charge in [-0.2, -0.15) is 0 Å². The van der Waals surface area contributed by atoms with E-state index in [-0.39, 0.29) is 34.2 Å². The molecule has 0 aromatic carbocycles. The highest BCUT2D eigenvalue weighted by molar-refractivity contribution is 9.10. The number of carbonyl (C=O) groups excluding carboxylic acids is 1. The lowest BCUT2D eigenvalue weighted by molar-refractivity contribution is -0.121. The minimum absolute atomic E-state index is 0.00910. The van der Waals surface area contributed by atoms with Gasteiger partial charge in [-0.1, -0.05) is 29.8 Å². The van der Waals surface area contributed by atoms with Crippen molar-refractivity contribution in [3.8, 4) is 0 Å². The Hall–Kier alpha value is -0.100. The first kappa shape index (κ1) is 14.0. The van der Waals surface area contributed by atoms with Crippen LogP contribution in [-0.4, -0.2) is 36.7 Å². The number of nitrogens with one attached hydrogen (secondary N) is 1. The van der Waals surface area contributed by atoms with Crippen LogP contribution >= 0.6 is 15.9 Å². The number of amides is 1. The molecule has 1 amide bonds. The van der Waals surface area contributed by atoms with Gasteiger partial charge in [-0.05, 0) is 18.8 Å². The second-order valence-electron chi connectivity index (χ2n) is 4.58. The van der Waals surface area contributed by atoms with E-state index in [4.69, 9.17) is 0 Å². The van der Waals surface area contributed by atoms with Crippen LogP contribution in [0.3, 0.4) is 0 Å². The number of halogens is 1. The molecule has 4 nitrogen and oxygen atoms in total. The molecule has 1 heterocycles.